The summed E-state index contributed by atoms with van der Waals surface area (Å²) in [7, 11) is 1.63. The third-order valence-electron chi connectivity index (χ3n) is 4.48. The molecule has 2 aromatic heterocycles. The van der Waals surface area contributed by atoms with Gasteiger partial charge in [0.15, 0.2) is 0 Å². The first kappa shape index (κ1) is 21.1. The third kappa shape index (κ3) is 5.92. The van der Waals surface area contributed by atoms with Crippen LogP contribution in [0.1, 0.15) is 34.7 Å². The third-order valence-corrected chi connectivity index (χ3v) is 6.32. The molecule has 0 bridgehead atoms. The average molecular weight is 429 g/mol. The van der Waals surface area contributed by atoms with Crippen LogP contribution in [0.3, 0.4) is 0 Å². The maximum atomic E-state index is 13.3. The molecule has 152 valence electrons. The first-order chi connectivity index (χ1) is 14.1. The van der Waals surface area contributed by atoms with Crippen LogP contribution in [-0.2, 0) is 22.7 Å². The number of carbonyl (C=O) groups is 2. The van der Waals surface area contributed by atoms with Gasteiger partial charge in [-0.3, -0.25) is 9.59 Å². The highest BCUT2D eigenvalue weighted by Crippen LogP contribution is 2.26. The second-order valence-corrected chi connectivity index (χ2v) is 8.63. The molecule has 0 radical (unpaired) electrons. The lowest BCUT2D eigenvalue weighted by Gasteiger charge is -2.26. The van der Waals surface area contributed by atoms with Crippen LogP contribution < -0.4 is 10.1 Å². The zero-order valence-corrected chi connectivity index (χ0v) is 18.1. The van der Waals surface area contributed by atoms with E-state index in [0.29, 0.717) is 13.1 Å². The fourth-order valence-electron chi connectivity index (χ4n) is 3.12. The van der Waals surface area contributed by atoms with E-state index in [1.807, 2.05) is 64.2 Å². The van der Waals surface area contributed by atoms with E-state index in [4.69, 9.17) is 4.74 Å². The Balaban J connectivity index is 1.82. The Bertz CT molecular complexity index is 923. The van der Waals surface area contributed by atoms with Crippen molar-refractivity contribution in [2.75, 3.05) is 7.11 Å². The van der Waals surface area contributed by atoms with Gasteiger partial charge in [-0.2, -0.15) is 0 Å². The SMILES string of the molecule is COc1ccccc1CN(Cc1cccs1)C(=O)CC(NC(C)=O)c1cccs1. The second kappa shape index (κ2) is 10.2. The molecular formula is C22H24N2O3S2. The number of hydrogen-bond acceptors (Lipinski definition) is 5. The number of para-hydroxylation sites is 1. The molecule has 0 aliphatic heterocycles. The zero-order chi connectivity index (χ0) is 20.6. The lowest BCUT2D eigenvalue weighted by Crippen LogP contribution is -2.35. The molecule has 1 unspecified atom stereocenters. The minimum Gasteiger partial charge on any atom is -0.496 e. The Morgan fingerprint density at radius 2 is 1.79 bits per heavy atom. The summed E-state index contributed by atoms with van der Waals surface area (Å²) in [6, 6.07) is 15.3. The Morgan fingerprint density at radius 3 is 2.45 bits per heavy atom. The van der Waals surface area contributed by atoms with Crippen molar-refractivity contribution in [3.05, 3.63) is 74.6 Å². The van der Waals surface area contributed by atoms with Crippen molar-refractivity contribution in [3.8, 4) is 5.75 Å². The first-order valence-corrected chi connectivity index (χ1v) is 11.0. The molecular weight excluding hydrogens is 404 g/mol. The molecule has 3 aromatic rings. The number of methoxy groups -OCH3 is 1. The highest BCUT2D eigenvalue weighted by Gasteiger charge is 2.23. The topological polar surface area (TPSA) is 58.6 Å². The van der Waals surface area contributed by atoms with Crippen molar-refractivity contribution >= 4 is 34.5 Å². The van der Waals surface area contributed by atoms with Gasteiger partial charge in [0.2, 0.25) is 11.8 Å². The standard InChI is InChI=1S/C22H24N2O3S2/c1-16(25)23-19(21-10-6-12-29-21)13-22(26)24(15-18-8-5-11-28-18)14-17-7-3-4-9-20(17)27-2/h3-12,19H,13-15H2,1-2H3,(H,23,25). The van der Waals surface area contributed by atoms with Crippen LogP contribution in [-0.4, -0.2) is 23.8 Å². The summed E-state index contributed by atoms with van der Waals surface area (Å²) >= 11 is 3.16. The van der Waals surface area contributed by atoms with Crippen LogP contribution in [0.15, 0.2) is 59.3 Å². The molecule has 2 heterocycles. The molecule has 1 aromatic carbocycles. The van der Waals surface area contributed by atoms with Crippen LogP contribution in [0.4, 0.5) is 0 Å². The summed E-state index contributed by atoms with van der Waals surface area (Å²) in [5.41, 5.74) is 0.951. The number of benzene rings is 1. The van der Waals surface area contributed by atoms with Gasteiger partial charge in [0, 0.05) is 28.8 Å². The second-order valence-electron chi connectivity index (χ2n) is 6.61. The fraction of sp³-hybridized carbons (Fsp3) is 0.273. The van der Waals surface area contributed by atoms with E-state index in [1.54, 1.807) is 18.4 Å². The number of nitrogens with zero attached hydrogens (tertiary/aromatic N) is 1. The summed E-state index contributed by atoms with van der Waals surface area (Å²) in [6.45, 7) is 2.44. The highest BCUT2D eigenvalue weighted by molar-refractivity contribution is 7.10. The van der Waals surface area contributed by atoms with E-state index < -0.39 is 0 Å². The number of carbonyl (C=O) groups excluding carboxylic acids is 2. The monoisotopic (exact) mass is 428 g/mol. The summed E-state index contributed by atoms with van der Waals surface area (Å²) in [5.74, 6) is 0.593. The van der Waals surface area contributed by atoms with Crippen LogP contribution in [0.5, 0.6) is 5.75 Å². The Morgan fingerprint density at radius 1 is 1.03 bits per heavy atom. The van der Waals surface area contributed by atoms with Crippen molar-refractivity contribution in [1.29, 1.82) is 0 Å². The van der Waals surface area contributed by atoms with E-state index in [9.17, 15) is 9.59 Å². The summed E-state index contributed by atoms with van der Waals surface area (Å²) in [6.07, 6.45) is 0.209. The van der Waals surface area contributed by atoms with Gasteiger partial charge in [-0.25, -0.2) is 0 Å². The normalized spacial score (nSPS) is 11.7. The smallest absolute Gasteiger partial charge is 0.225 e. The Labute approximate surface area is 178 Å². The molecule has 0 spiro atoms. The van der Waals surface area contributed by atoms with Gasteiger partial charge in [-0.1, -0.05) is 30.3 Å². The maximum absolute atomic E-state index is 13.3. The molecule has 29 heavy (non-hydrogen) atoms. The summed E-state index contributed by atoms with van der Waals surface area (Å²) in [4.78, 5) is 28.9. The maximum Gasteiger partial charge on any atom is 0.225 e. The molecule has 0 aliphatic carbocycles. The Hall–Kier alpha value is -2.64. The molecule has 5 nitrogen and oxygen atoms in total. The summed E-state index contributed by atoms with van der Waals surface area (Å²) < 4.78 is 5.46. The number of nitrogens with one attached hydrogen (secondary N) is 1. The summed E-state index contributed by atoms with van der Waals surface area (Å²) in [5, 5.41) is 6.87. The lowest BCUT2D eigenvalue weighted by molar-refractivity contribution is -0.133. The molecule has 0 saturated heterocycles. The number of ether oxygens (including phenoxy) is 1. The molecule has 0 saturated carbocycles. The van der Waals surface area contributed by atoms with Gasteiger partial charge in [0.05, 0.1) is 26.1 Å². The molecule has 0 aliphatic rings. The molecule has 3 rings (SSSR count). The van der Waals surface area contributed by atoms with Gasteiger partial charge >= 0.3 is 0 Å². The van der Waals surface area contributed by atoms with E-state index in [-0.39, 0.29) is 24.3 Å². The fourth-order valence-corrected chi connectivity index (χ4v) is 4.62. The minimum atomic E-state index is -0.330. The van der Waals surface area contributed by atoms with Crippen molar-refractivity contribution in [2.45, 2.75) is 32.5 Å². The largest absolute Gasteiger partial charge is 0.496 e. The first-order valence-electron chi connectivity index (χ1n) is 9.29. The average Bonchev–Trinajstić information content (AvgIpc) is 3.41. The van der Waals surface area contributed by atoms with E-state index in [0.717, 1.165) is 21.1 Å². The minimum absolute atomic E-state index is 0.0172. The molecule has 0 fully saturated rings. The van der Waals surface area contributed by atoms with E-state index >= 15 is 0 Å². The molecule has 2 amide bonds. The molecule has 7 heteroatoms. The van der Waals surface area contributed by atoms with Crippen LogP contribution in [0.2, 0.25) is 0 Å². The van der Waals surface area contributed by atoms with Gasteiger partial charge in [-0.15, -0.1) is 22.7 Å². The van der Waals surface area contributed by atoms with Gasteiger partial charge in [0.1, 0.15) is 5.75 Å². The highest BCUT2D eigenvalue weighted by atomic mass is 32.1. The van der Waals surface area contributed by atoms with Crippen molar-refractivity contribution in [1.82, 2.24) is 10.2 Å². The molecule has 1 atom stereocenters. The van der Waals surface area contributed by atoms with E-state index in [1.165, 1.54) is 18.3 Å². The predicted octanol–water partition coefficient (Wildman–Crippen LogP) is 4.61. The zero-order valence-electron chi connectivity index (χ0n) is 16.5. The van der Waals surface area contributed by atoms with Crippen LogP contribution >= 0.6 is 22.7 Å². The number of hydrogen-bond donors (Lipinski definition) is 1. The van der Waals surface area contributed by atoms with Gasteiger partial charge < -0.3 is 15.0 Å². The molecule has 1 N–H and O–H groups in total. The quantitative estimate of drug-likeness (QED) is 0.541. The van der Waals surface area contributed by atoms with Crippen molar-refractivity contribution in [2.24, 2.45) is 0 Å². The van der Waals surface area contributed by atoms with Crippen molar-refractivity contribution < 1.29 is 14.3 Å². The number of thiophene rings is 2. The van der Waals surface area contributed by atoms with Crippen molar-refractivity contribution in [3.63, 3.8) is 0 Å². The number of amides is 2. The van der Waals surface area contributed by atoms with Crippen LogP contribution in [0, 0.1) is 0 Å². The number of rotatable bonds is 9. The van der Waals surface area contributed by atoms with Gasteiger partial charge in [0.25, 0.3) is 0 Å². The predicted molar refractivity (Wildman–Crippen MR) is 117 cm³/mol. The lowest BCUT2D eigenvalue weighted by atomic mass is 10.1. The van der Waals surface area contributed by atoms with Crippen LogP contribution in [0.25, 0.3) is 0 Å². The van der Waals surface area contributed by atoms with E-state index in [2.05, 4.69) is 5.32 Å². The van der Waals surface area contributed by atoms with Gasteiger partial charge in [-0.05, 0) is 29.0 Å². The Kier molecular flexibility index (Phi) is 7.43.